The number of carbonyl (C=O) groups is 1. The van der Waals surface area contributed by atoms with Crippen LogP contribution in [0.3, 0.4) is 0 Å². The number of carbonyl (C=O) groups excluding carboxylic acids is 1. The van der Waals surface area contributed by atoms with Crippen molar-refractivity contribution in [3.05, 3.63) is 101 Å². The average Bonchev–Trinajstić information content (AvgIpc) is 3.31. The molecule has 0 aliphatic carbocycles. The number of amides is 1. The van der Waals surface area contributed by atoms with Crippen LogP contribution in [0, 0.1) is 13.8 Å². The van der Waals surface area contributed by atoms with E-state index in [0.717, 1.165) is 27.8 Å². The highest BCUT2D eigenvalue weighted by Crippen LogP contribution is 2.45. The molecule has 31 heavy (non-hydrogen) atoms. The third-order valence-corrected chi connectivity index (χ3v) is 5.74. The molecule has 0 saturated heterocycles. The van der Waals surface area contributed by atoms with Gasteiger partial charge in [0.25, 0.3) is 5.91 Å². The van der Waals surface area contributed by atoms with Crippen LogP contribution in [0.15, 0.2) is 67.0 Å². The fraction of sp³-hybridized carbons (Fsp3) is 0.160. The Morgan fingerprint density at radius 2 is 1.84 bits per heavy atom. The van der Waals surface area contributed by atoms with Crippen molar-refractivity contribution in [3.8, 4) is 17.0 Å². The van der Waals surface area contributed by atoms with Crippen LogP contribution in [-0.2, 0) is 6.54 Å². The second-order valence-electron chi connectivity index (χ2n) is 7.99. The maximum absolute atomic E-state index is 13.4. The van der Waals surface area contributed by atoms with Gasteiger partial charge in [0.15, 0.2) is 0 Å². The molecule has 154 valence electrons. The number of rotatable bonds is 4. The minimum atomic E-state index is -0.322. The minimum Gasteiger partial charge on any atom is -0.507 e. The Kier molecular flexibility index (Phi) is 4.55. The van der Waals surface area contributed by atoms with Gasteiger partial charge in [-0.25, -0.2) is 0 Å². The van der Waals surface area contributed by atoms with Crippen molar-refractivity contribution in [2.75, 3.05) is 0 Å². The summed E-state index contributed by atoms with van der Waals surface area (Å²) in [4.78, 5) is 19.4. The summed E-state index contributed by atoms with van der Waals surface area (Å²) in [6.07, 6.45) is 3.50. The summed E-state index contributed by atoms with van der Waals surface area (Å²) >= 11 is 0. The molecule has 2 aromatic heterocycles. The van der Waals surface area contributed by atoms with Gasteiger partial charge in [0.05, 0.1) is 6.04 Å². The first-order valence-electron chi connectivity index (χ1n) is 10.2. The molecule has 1 amide bonds. The van der Waals surface area contributed by atoms with Crippen LogP contribution >= 0.6 is 0 Å². The van der Waals surface area contributed by atoms with E-state index in [1.165, 1.54) is 0 Å². The summed E-state index contributed by atoms with van der Waals surface area (Å²) in [5.74, 6) is 0.0241. The number of aromatic amines is 1. The second-order valence-corrected chi connectivity index (χ2v) is 7.99. The molecule has 1 unspecified atom stereocenters. The van der Waals surface area contributed by atoms with Crippen LogP contribution in [0.1, 0.15) is 44.3 Å². The monoisotopic (exact) mass is 410 g/mol. The van der Waals surface area contributed by atoms with Gasteiger partial charge in [-0.3, -0.25) is 14.9 Å². The fourth-order valence-electron chi connectivity index (χ4n) is 4.19. The van der Waals surface area contributed by atoms with Crippen LogP contribution < -0.4 is 0 Å². The van der Waals surface area contributed by atoms with Gasteiger partial charge < -0.3 is 10.0 Å². The van der Waals surface area contributed by atoms with Crippen molar-refractivity contribution in [1.29, 1.82) is 0 Å². The number of hydrogen-bond acceptors (Lipinski definition) is 4. The number of benzene rings is 2. The predicted octanol–water partition coefficient (Wildman–Crippen LogP) is 4.54. The van der Waals surface area contributed by atoms with Crippen molar-refractivity contribution in [2.24, 2.45) is 0 Å². The largest absolute Gasteiger partial charge is 0.507 e. The smallest absolute Gasteiger partial charge is 0.273 e. The molecule has 5 rings (SSSR count). The number of nitrogens with zero attached hydrogens (tertiary/aromatic N) is 3. The summed E-state index contributed by atoms with van der Waals surface area (Å²) in [5, 5.41) is 17.9. The van der Waals surface area contributed by atoms with E-state index in [4.69, 9.17) is 0 Å². The summed E-state index contributed by atoms with van der Waals surface area (Å²) in [7, 11) is 0. The normalized spacial score (nSPS) is 15.4. The number of phenols is 1. The van der Waals surface area contributed by atoms with Crippen LogP contribution in [0.2, 0.25) is 0 Å². The van der Waals surface area contributed by atoms with Gasteiger partial charge in [0, 0.05) is 30.1 Å². The van der Waals surface area contributed by atoms with E-state index in [9.17, 15) is 9.90 Å². The van der Waals surface area contributed by atoms with Crippen molar-refractivity contribution >= 4 is 5.91 Å². The Labute approximate surface area is 180 Å². The Morgan fingerprint density at radius 3 is 2.58 bits per heavy atom. The second kappa shape index (κ2) is 7.40. The molecule has 3 heterocycles. The highest BCUT2D eigenvalue weighted by atomic mass is 16.3. The summed E-state index contributed by atoms with van der Waals surface area (Å²) in [6.45, 7) is 4.43. The number of fused-ring (bicyclic) bond motifs is 1. The van der Waals surface area contributed by atoms with Gasteiger partial charge in [0.1, 0.15) is 17.1 Å². The van der Waals surface area contributed by atoms with E-state index >= 15 is 0 Å². The Hall–Kier alpha value is -3.93. The van der Waals surface area contributed by atoms with Crippen molar-refractivity contribution in [2.45, 2.75) is 26.4 Å². The number of pyridine rings is 1. The van der Waals surface area contributed by atoms with Crippen molar-refractivity contribution < 1.29 is 9.90 Å². The zero-order valence-electron chi connectivity index (χ0n) is 17.3. The molecule has 1 atom stereocenters. The molecule has 0 bridgehead atoms. The average molecular weight is 410 g/mol. The lowest BCUT2D eigenvalue weighted by Gasteiger charge is -2.26. The van der Waals surface area contributed by atoms with Crippen LogP contribution in [0.25, 0.3) is 11.3 Å². The first-order chi connectivity index (χ1) is 15.0. The number of phenolic OH excluding ortho intramolecular Hbond substituents is 1. The molecule has 1 aliphatic rings. The number of aromatic nitrogens is 3. The summed E-state index contributed by atoms with van der Waals surface area (Å²) < 4.78 is 0. The first-order valence-corrected chi connectivity index (χ1v) is 10.2. The Balaban J connectivity index is 1.68. The lowest BCUT2D eigenvalue weighted by atomic mass is 9.94. The number of H-pyrrole nitrogens is 1. The molecule has 0 spiro atoms. The molecule has 6 heteroatoms. The topological polar surface area (TPSA) is 82.1 Å². The third-order valence-electron chi connectivity index (χ3n) is 5.74. The molecule has 2 aromatic carbocycles. The maximum Gasteiger partial charge on any atom is 0.273 e. The highest BCUT2D eigenvalue weighted by molar-refractivity contribution is 6.00. The molecular formula is C25H22N4O2. The van der Waals surface area contributed by atoms with Crippen molar-refractivity contribution in [1.82, 2.24) is 20.1 Å². The quantitative estimate of drug-likeness (QED) is 0.517. The van der Waals surface area contributed by atoms with Crippen molar-refractivity contribution in [3.63, 3.8) is 0 Å². The predicted molar refractivity (Wildman–Crippen MR) is 118 cm³/mol. The molecule has 2 N–H and O–H groups in total. The number of nitrogens with one attached hydrogen (secondary N) is 1. The molecule has 0 radical (unpaired) electrons. The van der Waals surface area contributed by atoms with E-state index in [2.05, 4.69) is 15.2 Å². The minimum absolute atomic E-state index is 0.115. The standard InChI is InChI=1S/C25H22N4O2/c1-15-5-8-18(9-6-15)24-21-22(19-12-16(2)7-10-20(19)30)27-28-23(21)25(31)29(24)14-17-4-3-11-26-13-17/h3-13,24,30H,14H2,1-2H3,(H,27,28). The van der Waals surface area contributed by atoms with Gasteiger partial charge in [-0.05, 0) is 43.2 Å². The lowest BCUT2D eigenvalue weighted by molar-refractivity contribution is 0.0730. The van der Waals surface area contributed by atoms with Gasteiger partial charge >= 0.3 is 0 Å². The zero-order valence-corrected chi connectivity index (χ0v) is 17.3. The van der Waals surface area contributed by atoms with E-state index < -0.39 is 0 Å². The molecule has 0 saturated carbocycles. The molecule has 0 fully saturated rings. The molecule has 6 nitrogen and oxygen atoms in total. The zero-order chi connectivity index (χ0) is 21.5. The lowest BCUT2D eigenvalue weighted by Crippen LogP contribution is -2.29. The van der Waals surface area contributed by atoms with E-state index in [1.54, 1.807) is 18.5 Å². The van der Waals surface area contributed by atoms with E-state index in [-0.39, 0.29) is 17.7 Å². The van der Waals surface area contributed by atoms with Crippen LogP contribution in [0.4, 0.5) is 0 Å². The van der Waals surface area contributed by atoms with Gasteiger partial charge in [-0.15, -0.1) is 0 Å². The summed E-state index contributed by atoms with van der Waals surface area (Å²) in [5.41, 5.74) is 6.57. The van der Waals surface area contributed by atoms with Crippen LogP contribution in [0.5, 0.6) is 5.75 Å². The van der Waals surface area contributed by atoms with Gasteiger partial charge in [-0.1, -0.05) is 47.5 Å². The van der Waals surface area contributed by atoms with E-state index in [1.807, 2.05) is 67.3 Å². The Bertz CT molecular complexity index is 1260. The number of aryl methyl sites for hydroxylation is 2. The fourth-order valence-corrected chi connectivity index (χ4v) is 4.19. The van der Waals surface area contributed by atoms with Crippen LogP contribution in [-0.4, -0.2) is 31.1 Å². The molecule has 1 aliphatic heterocycles. The van der Waals surface area contributed by atoms with Gasteiger partial charge in [-0.2, -0.15) is 5.10 Å². The maximum atomic E-state index is 13.4. The highest BCUT2D eigenvalue weighted by Gasteiger charge is 2.42. The third kappa shape index (κ3) is 3.26. The Morgan fingerprint density at radius 1 is 1.06 bits per heavy atom. The SMILES string of the molecule is Cc1ccc(C2c3c(-c4cc(C)ccc4O)n[nH]c3C(=O)N2Cc2cccnc2)cc1. The molecular weight excluding hydrogens is 388 g/mol. The molecule has 4 aromatic rings. The summed E-state index contributed by atoms with van der Waals surface area (Å²) in [6, 6.07) is 17.1. The first kappa shape index (κ1) is 19.1. The van der Waals surface area contributed by atoms with E-state index in [0.29, 0.717) is 23.5 Å². The number of aromatic hydroxyl groups is 1. The number of hydrogen-bond donors (Lipinski definition) is 2. The van der Waals surface area contributed by atoms with Gasteiger partial charge in [0.2, 0.25) is 0 Å².